The maximum absolute atomic E-state index is 6.17. The van der Waals surface area contributed by atoms with Crippen LogP contribution in [0, 0.1) is 6.92 Å². The topological polar surface area (TPSA) is 56.3 Å². The third kappa shape index (κ3) is 3.16. The van der Waals surface area contributed by atoms with Crippen molar-refractivity contribution in [1.82, 2.24) is 9.97 Å². The Balaban J connectivity index is 1.68. The van der Waals surface area contributed by atoms with Gasteiger partial charge in [0.15, 0.2) is 0 Å². The van der Waals surface area contributed by atoms with Crippen molar-refractivity contribution >= 4 is 17.4 Å². The van der Waals surface area contributed by atoms with Gasteiger partial charge in [-0.15, -0.1) is 0 Å². The maximum atomic E-state index is 6.17. The van der Waals surface area contributed by atoms with Gasteiger partial charge in [0.2, 0.25) is 0 Å². The van der Waals surface area contributed by atoms with Crippen molar-refractivity contribution in [3.8, 4) is 0 Å². The number of halogens is 1. The Kier molecular flexibility index (Phi) is 3.86. The highest BCUT2D eigenvalue weighted by atomic mass is 35.5. The molecule has 0 amide bonds. The van der Waals surface area contributed by atoms with E-state index >= 15 is 0 Å². The molecule has 3 rings (SSSR count). The fourth-order valence-electron chi connectivity index (χ4n) is 2.07. The normalized spacial score (nSPS) is 23.4. The SMILES string of the molecule is Cc1c(Cl)nc(C2CC2)nc1NCC1COCCO1. The van der Waals surface area contributed by atoms with Gasteiger partial charge in [0.25, 0.3) is 0 Å². The Morgan fingerprint density at radius 3 is 2.84 bits per heavy atom. The van der Waals surface area contributed by atoms with E-state index in [1.807, 2.05) is 6.92 Å². The van der Waals surface area contributed by atoms with Crippen molar-refractivity contribution in [2.75, 3.05) is 31.7 Å². The van der Waals surface area contributed by atoms with Gasteiger partial charge in [0.05, 0.1) is 25.9 Å². The highest BCUT2D eigenvalue weighted by molar-refractivity contribution is 6.30. The first-order valence-corrected chi connectivity index (χ1v) is 7.09. The van der Waals surface area contributed by atoms with Crippen LogP contribution in [0.4, 0.5) is 5.82 Å². The predicted octanol–water partition coefficient (Wildman–Crippen LogP) is 2.14. The van der Waals surface area contributed by atoms with Crippen LogP contribution >= 0.6 is 11.6 Å². The Morgan fingerprint density at radius 2 is 2.16 bits per heavy atom. The van der Waals surface area contributed by atoms with E-state index in [-0.39, 0.29) is 6.10 Å². The van der Waals surface area contributed by atoms with Crippen LogP contribution in [0.15, 0.2) is 0 Å². The van der Waals surface area contributed by atoms with Crippen molar-refractivity contribution in [3.63, 3.8) is 0 Å². The van der Waals surface area contributed by atoms with Crippen LogP contribution in [0.5, 0.6) is 0 Å². The minimum absolute atomic E-state index is 0.0752. The molecule has 104 valence electrons. The third-order valence-corrected chi connectivity index (χ3v) is 3.80. The minimum atomic E-state index is 0.0752. The molecule has 1 atom stereocenters. The lowest BCUT2D eigenvalue weighted by molar-refractivity contribution is -0.0819. The average molecular weight is 284 g/mol. The Labute approximate surface area is 117 Å². The number of hydrogen-bond donors (Lipinski definition) is 1. The quantitative estimate of drug-likeness (QED) is 0.858. The second kappa shape index (κ2) is 5.61. The molecule has 0 spiro atoms. The number of nitrogens with zero attached hydrogens (tertiary/aromatic N) is 2. The van der Waals surface area contributed by atoms with Gasteiger partial charge in [-0.2, -0.15) is 0 Å². The fourth-order valence-corrected chi connectivity index (χ4v) is 2.24. The van der Waals surface area contributed by atoms with Crippen LogP contribution in [-0.4, -0.2) is 42.4 Å². The summed E-state index contributed by atoms with van der Waals surface area (Å²) in [6, 6.07) is 0. The van der Waals surface area contributed by atoms with E-state index < -0.39 is 0 Å². The summed E-state index contributed by atoms with van der Waals surface area (Å²) in [6.07, 6.45) is 2.41. The first-order valence-electron chi connectivity index (χ1n) is 6.71. The lowest BCUT2D eigenvalue weighted by Gasteiger charge is -2.23. The molecule has 1 aliphatic carbocycles. The van der Waals surface area contributed by atoms with Crippen LogP contribution in [0.2, 0.25) is 5.15 Å². The Bertz CT molecular complexity index is 459. The molecule has 5 nitrogen and oxygen atoms in total. The molecule has 1 saturated carbocycles. The maximum Gasteiger partial charge on any atom is 0.137 e. The molecule has 6 heteroatoms. The summed E-state index contributed by atoms with van der Waals surface area (Å²) in [6.45, 7) is 4.57. The van der Waals surface area contributed by atoms with Gasteiger partial charge < -0.3 is 14.8 Å². The molecule has 19 heavy (non-hydrogen) atoms. The molecule has 2 heterocycles. The Morgan fingerprint density at radius 1 is 1.32 bits per heavy atom. The standard InChI is InChI=1S/C13H18ClN3O2/c1-8-11(14)16-13(9-2-3-9)17-12(8)15-6-10-7-18-4-5-19-10/h9-10H,2-7H2,1H3,(H,15,16,17). The summed E-state index contributed by atoms with van der Waals surface area (Å²) in [5.74, 6) is 2.17. The molecule has 1 saturated heterocycles. The van der Waals surface area contributed by atoms with E-state index in [1.54, 1.807) is 0 Å². The average Bonchev–Trinajstić information content (AvgIpc) is 3.26. The molecule has 1 aliphatic heterocycles. The second-order valence-electron chi connectivity index (χ2n) is 5.07. The molecule has 0 aromatic carbocycles. The zero-order valence-electron chi connectivity index (χ0n) is 11.0. The van der Waals surface area contributed by atoms with E-state index in [9.17, 15) is 0 Å². The Hall–Kier alpha value is -0.910. The molecule has 0 radical (unpaired) electrons. The third-order valence-electron chi connectivity index (χ3n) is 3.43. The first-order chi connectivity index (χ1) is 9.24. The summed E-state index contributed by atoms with van der Waals surface area (Å²) >= 11 is 6.17. The highest BCUT2D eigenvalue weighted by Gasteiger charge is 2.28. The van der Waals surface area contributed by atoms with E-state index in [0.717, 1.165) is 17.2 Å². The first kappa shape index (κ1) is 13.1. The summed E-state index contributed by atoms with van der Waals surface area (Å²) in [5, 5.41) is 3.85. The summed E-state index contributed by atoms with van der Waals surface area (Å²) in [5.41, 5.74) is 0.891. The fraction of sp³-hybridized carbons (Fsp3) is 0.692. The monoisotopic (exact) mass is 283 g/mol. The van der Waals surface area contributed by atoms with Gasteiger partial charge in [-0.25, -0.2) is 9.97 Å². The molecule has 1 N–H and O–H groups in total. The molecular formula is C13H18ClN3O2. The number of aromatic nitrogens is 2. The van der Waals surface area contributed by atoms with Crippen LogP contribution in [0.25, 0.3) is 0 Å². The molecule has 2 aliphatic rings. The molecule has 1 unspecified atom stereocenters. The summed E-state index contributed by atoms with van der Waals surface area (Å²) < 4.78 is 11.0. The van der Waals surface area contributed by atoms with Crippen LogP contribution in [0.1, 0.15) is 30.1 Å². The van der Waals surface area contributed by atoms with Gasteiger partial charge in [0.1, 0.15) is 16.8 Å². The number of rotatable bonds is 4. The zero-order chi connectivity index (χ0) is 13.2. The molecular weight excluding hydrogens is 266 g/mol. The van der Waals surface area contributed by atoms with Crippen molar-refractivity contribution in [3.05, 3.63) is 16.5 Å². The summed E-state index contributed by atoms with van der Waals surface area (Å²) in [7, 11) is 0. The van der Waals surface area contributed by atoms with Gasteiger partial charge >= 0.3 is 0 Å². The van der Waals surface area contributed by atoms with Crippen LogP contribution in [0.3, 0.4) is 0 Å². The van der Waals surface area contributed by atoms with Gasteiger partial charge in [-0.05, 0) is 19.8 Å². The number of nitrogens with one attached hydrogen (secondary N) is 1. The summed E-state index contributed by atoms with van der Waals surface area (Å²) in [4.78, 5) is 8.93. The highest BCUT2D eigenvalue weighted by Crippen LogP contribution is 2.39. The zero-order valence-corrected chi connectivity index (χ0v) is 11.7. The van der Waals surface area contributed by atoms with E-state index in [1.165, 1.54) is 12.8 Å². The number of hydrogen-bond acceptors (Lipinski definition) is 5. The second-order valence-corrected chi connectivity index (χ2v) is 5.43. The number of ether oxygens (including phenoxy) is 2. The lowest BCUT2D eigenvalue weighted by atomic mass is 10.3. The molecule has 2 fully saturated rings. The molecule has 1 aromatic heterocycles. The van der Waals surface area contributed by atoms with Crippen molar-refractivity contribution in [2.24, 2.45) is 0 Å². The van der Waals surface area contributed by atoms with Gasteiger partial charge in [0, 0.05) is 18.0 Å². The van der Waals surface area contributed by atoms with E-state index in [2.05, 4.69) is 15.3 Å². The predicted molar refractivity (Wildman–Crippen MR) is 72.8 cm³/mol. The van der Waals surface area contributed by atoms with E-state index in [0.29, 0.717) is 37.4 Å². The number of anilines is 1. The molecule has 0 bridgehead atoms. The minimum Gasteiger partial charge on any atom is -0.376 e. The smallest absolute Gasteiger partial charge is 0.137 e. The lowest BCUT2D eigenvalue weighted by Crippen LogP contribution is -2.34. The largest absolute Gasteiger partial charge is 0.376 e. The van der Waals surface area contributed by atoms with E-state index in [4.69, 9.17) is 21.1 Å². The van der Waals surface area contributed by atoms with Crippen LogP contribution in [-0.2, 0) is 9.47 Å². The van der Waals surface area contributed by atoms with Crippen LogP contribution < -0.4 is 5.32 Å². The van der Waals surface area contributed by atoms with Crippen molar-refractivity contribution in [1.29, 1.82) is 0 Å². The van der Waals surface area contributed by atoms with Crippen molar-refractivity contribution in [2.45, 2.75) is 31.8 Å². The van der Waals surface area contributed by atoms with Gasteiger partial charge in [-0.3, -0.25) is 0 Å². The van der Waals surface area contributed by atoms with Gasteiger partial charge in [-0.1, -0.05) is 11.6 Å². The van der Waals surface area contributed by atoms with Crippen molar-refractivity contribution < 1.29 is 9.47 Å². The molecule has 1 aromatic rings.